The average molecular weight is 273 g/mol. The van der Waals surface area contributed by atoms with Gasteiger partial charge in [-0.3, -0.25) is 9.69 Å². The van der Waals surface area contributed by atoms with Gasteiger partial charge in [0.05, 0.1) is 6.42 Å². The molecule has 0 fully saturated rings. The number of aliphatic hydroxyl groups excluding tert-OH is 1. The molecule has 1 N–H and O–H groups in total. The number of nitrogens with zero attached hydrogens (tertiary/aromatic N) is 1. The largest absolute Gasteiger partial charge is 0.443 e. The van der Waals surface area contributed by atoms with E-state index in [1.165, 1.54) is 6.92 Å². The van der Waals surface area contributed by atoms with Gasteiger partial charge in [-0.05, 0) is 26.9 Å². The molecule has 19 heavy (non-hydrogen) atoms. The van der Waals surface area contributed by atoms with Gasteiger partial charge in [0.15, 0.2) is 12.5 Å². The van der Waals surface area contributed by atoms with Gasteiger partial charge >= 0.3 is 11.9 Å². The topological polar surface area (TPSA) is 76.1 Å². The van der Waals surface area contributed by atoms with Gasteiger partial charge in [0, 0.05) is 5.57 Å². The first-order chi connectivity index (χ1) is 8.81. The monoisotopic (exact) mass is 273 g/mol. The second kappa shape index (κ2) is 8.66. The summed E-state index contributed by atoms with van der Waals surface area (Å²) < 4.78 is 9.68. The quantitative estimate of drug-likeness (QED) is 0.404. The molecule has 6 heteroatoms. The highest BCUT2D eigenvalue weighted by Gasteiger charge is 2.20. The molecule has 0 aromatic heterocycles. The second-order valence-electron chi connectivity index (χ2n) is 4.10. The molecule has 0 saturated carbocycles. The van der Waals surface area contributed by atoms with Crippen molar-refractivity contribution in [3.8, 4) is 0 Å². The Balaban J connectivity index is 4.27. The maximum Gasteiger partial charge on any atom is 0.335 e. The summed E-state index contributed by atoms with van der Waals surface area (Å²) >= 11 is 0. The van der Waals surface area contributed by atoms with E-state index in [4.69, 9.17) is 9.84 Å². The van der Waals surface area contributed by atoms with Crippen molar-refractivity contribution in [3.63, 3.8) is 0 Å². The smallest absolute Gasteiger partial charge is 0.335 e. The standard InChI is InChI=1S/C13H23NO5/c1-6-14(7-2)10(4)18-13(17)9(3)8-12(16)19-11(5)15/h10-11,15H,3,6-8H2,1-2,4-5H3. The van der Waals surface area contributed by atoms with Gasteiger partial charge in [0.2, 0.25) is 0 Å². The van der Waals surface area contributed by atoms with Crippen LogP contribution >= 0.6 is 0 Å². The molecule has 0 aromatic rings. The Labute approximate surface area is 114 Å². The molecule has 0 aromatic carbocycles. The Bertz CT molecular complexity index is 323. The van der Waals surface area contributed by atoms with Crippen LogP contribution in [0, 0.1) is 0 Å². The van der Waals surface area contributed by atoms with Gasteiger partial charge in [-0.25, -0.2) is 4.79 Å². The molecule has 0 heterocycles. The van der Waals surface area contributed by atoms with Crippen LogP contribution in [0.2, 0.25) is 0 Å². The van der Waals surface area contributed by atoms with Crippen LogP contribution in [0.5, 0.6) is 0 Å². The highest BCUT2D eigenvalue weighted by Crippen LogP contribution is 2.08. The molecule has 0 radical (unpaired) electrons. The van der Waals surface area contributed by atoms with E-state index in [9.17, 15) is 9.59 Å². The van der Waals surface area contributed by atoms with Gasteiger partial charge in [-0.15, -0.1) is 0 Å². The number of carbonyl (C=O) groups is 2. The number of rotatable bonds is 8. The van der Waals surface area contributed by atoms with E-state index >= 15 is 0 Å². The minimum atomic E-state index is -1.20. The number of hydrogen-bond donors (Lipinski definition) is 1. The predicted molar refractivity (Wildman–Crippen MR) is 70.0 cm³/mol. The summed E-state index contributed by atoms with van der Waals surface area (Å²) in [5.74, 6) is -1.35. The van der Waals surface area contributed by atoms with Gasteiger partial charge in [-0.2, -0.15) is 0 Å². The molecule has 0 saturated heterocycles. The summed E-state index contributed by atoms with van der Waals surface area (Å²) in [5, 5.41) is 8.86. The molecule has 0 rings (SSSR count). The highest BCUT2D eigenvalue weighted by atomic mass is 16.6. The van der Waals surface area contributed by atoms with Crippen LogP contribution in [0.25, 0.3) is 0 Å². The van der Waals surface area contributed by atoms with Crippen molar-refractivity contribution in [3.05, 3.63) is 12.2 Å². The Kier molecular flexibility index (Phi) is 8.02. The summed E-state index contributed by atoms with van der Waals surface area (Å²) in [4.78, 5) is 24.9. The maximum absolute atomic E-state index is 11.7. The third kappa shape index (κ3) is 6.93. The number of aliphatic hydroxyl groups is 1. The third-order valence-electron chi connectivity index (χ3n) is 2.55. The van der Waals surface area contributed by atoms with Crippen LogP contribution in [0.15, 0.2) is 12.2 Å². The van der Waals surface area contributed by atoms with Gasteiger partial charge in [0.25, 0.3) is 0 Å². The summed E-state index contributed by atoms with van der Waals surface area (Å²) in [6, 6.07) is 0. The second-order valence-corrected chi connectivity index (χ2v) is 4.10. The van der Waals surface area contributed by atoms with Gasteiger partial charge in [0.1, 0.15) is 0 Å². The molecule has 0 aliphatic rings. The van der Waals surface area contributed by atoms with Crippen LogP contribution in [0.3, 0.4) is 0 Å². The Hall–Kier alpha value is -1.40. The Morgan fingerprint density at radius 2 is 1.74 bits per heavy atom. The zero-order valence-electron chi connectivity index (χ0n) is 12.0. The molecule has 0 aliphatic heterocycles. The van der Waals surface area contributed by atoms with Crippen molar-refractivity contribution in [2.45, 2.75) is 46.6 Å². The van der Waals surface area contributed by atoms with Gasteiger partial charge < -0.3 is 14.6 Å². The number of carbonyl (C=O) groups excluding carboxylic acids is 2. The number of ether oxygens (including phenoxy) is 2. The van der Waals surface area contributed by atoms with Crippen LogP contribution in [-0.2, 0) is 19.1 Å². The summed E-state index contributed by atoms with van der Waals surface area (Å²) in [7, 11) is 0. The van der Waals surface area contributed by atoms with Crippen molar-refractivity contribution in [1.82, 2.24) is 4.90 Å². The van der Waals surface area contributed by atoms with E-state index < -0.39 is 18.2 Å². The molecule has 0 spiro atoms. The lowest BCUT2D eigenvalue weighted by molar-refractivity contribution is -0.166. The van der Waals surface area contributed by atoms with E-state index in [1.54, 1.807) is 6.92 Å². The molecule has 6 nitrogen and oxygen atoms in total. The highest BCUT2D eigenvalue weighted by molar-refractivity contribution is 5.93. The molecular formula is C13H23NO5. The van der Waals surface area contributed by atoms with Crippen LogP contribution in [-0.4, -0.2) is 47.6 Å². The first-order valence-electron chi connectivity index (χ1n) is 6.32. The fourth-order valence-electron chi connectivity index (χ4n) is 1.53. The van der Waals surface area contributed by atoms with Crippen molar-refractivity contribution >= 4 is 11.9 Å². The van der Waals surface area contributed by atoms with E-state index in [0.717, 1.165) is 13.1 Å². The van der Waals surface area contributed by atoms with Crippen LogP contribution < -0.4 is 0 Å². The van der Waals surface area contributed by atoms with Crippen molar-refractivity contribution in [2.24, 2.45) is 0 Å². The van der Waals surface area contributed by atoms with Crippen LogP contribution in [0.4, 0.5) is 0 Å². The first-order valence-corrected chi connectivity index (χ1v) is 6.32. The molecule has 2 unspecified atom stereocenters. The molecule has 110 valence electrons. The lowest BCUT2D eigenvalue weighted by Crippen LogP contribution is -2.36. The van der Waals surface area contributed by atoms with E-state index in [2.05, 4.69) is 11.3 Å². The minimum Gasteiger partial charge on any atom is -0.443 e. The van der Waals surface area contributed by atoms with Crippen molar-refractivity contribution in [2.75, 3.05) is 13.1 Å². The Morgan fingerprint density at radius 1 is 1.21 bits per heavy atom. The van der Waals surface area contributed by atoms with E-state index in [1.807, 2.05) is 18.7 Å². The van der Waals surface area contributed by atoms with Crippen LogP contribution in [0.1, 0.15) is 34.1 Å². The molecule has 0 amide bonds. The number of esters is 2. The summed E-state index contributed by atoms with van der Waals surface area (Å²) in [6.07, 6.45) is -1.88. The summed E-state index contributed by atoms with van der Waals surface area (Å²) in [6.45, 7) is 12.0. The first kappa shape index (κ1) is 17.6. The average Bonchev–Trinajstić information content (AvgIpc) is 2.28. The molecule has 2 atom stereocenters. The zero-order chi connectivity index (χ0) is 15.0. The molecule has 0 bridgehead atoms. The maximum atomic E-state index is 11.7. The van der Waals surface area contributed by atoms with E-state index in [-0.39, 0.29) is 18.2 Å². The third-order valence-corrected chi connectivity index (χ3v) is 2.55. The van der Waals surface area contributed by atoms with Gasteiger partial charge in [-0.1, -0.05) is 20.4 Å². The van der Waals surface area contributed by atoms with E-state index in [0.29, 0.717) is 0 Å². The normalized spacial score (nSPS) is 13.8. The fraction of sp³-hybridized carbons (Fsp3) is 0.692. The van der Waals surface area contributed by atoms with Crippen molar-refractivity contribution in [1.29, 1.82) is 0 Å². The molecular weight excluding hydrogens is 250 g/mol. The minimum absolute atomic E-state index is 0.00431. The Morgan fingerprint density at radius 3 is 2.16 bits per heavy atom. The van der Waals surface area contributed by atoms with Crippen molar-refractivity contribution < 1.29 is 24.2 Å². The molecule has 0 aliphatic carbocycles. The SMILES string of the molecule is C=C(CC(=O)OC(C)O)C(=O)OC(C)N(CC)CC. The fourth-order valence-corrected chi connectivity index (χ4v) is 1.53. The lowest BCUT2D eigenvalue weighted by Gasteiger charge is -2.26. The zero-order valence-corrected chi connectivity index (χ0v) is 12.0. The predicted octanol–water partition coefficient (Wildman–Crippen LogP) is 1.05. The summed E-state index contributed by atoms with van der Waals surface area (Å²) in [5.41, 5.74) is 0.00431. The number of hydrogen-bond acceptors (Lipinski definition) is 6. The lowest BCUT2D eigenvalue weighted by atomic mass is 10.2.